The molecule has 6 rings (SSSR count). The van der Waals surface area contributed by atoms with E-state index in [4.69, 9.17) is 16.6 Å². The predicted molar refractivity (Wildman–Crippen MR) is 182 cm³/mol. The van der Waals surface area contributed by atoms with Crippen LogP contribution in [0.25, 0.3) is 0 Å². The van der Waals surface area contributed by atoms with Crippen molar-refractivity contribution < 1.29 is 41.4 Å². The first-order valence-corrected chi connectivity index (χ1v) is 17.6. The Morgan fingerprint density at radius 3 is 2.06 bits per heavy atom. The van der Waals surface area contributed by atoms with E-state index in [9.17, 15) is 41.4 Å². The first kappa shape index (κ1) is 37.6. The van der Waals surface area contributed by atoms with Crippen LogP contribution in [0.15, 0.2) is 36.8 Å². The number of alkyl halides is 6. The summed E-state index contributed by atoms with van der Waals surface area (Å²) in [5.41, 5.74) is -2.35. The average Bonchev–Trinajstić information content (AvgIpc) is 3.54. The molecule has 3 saturated heterocycles. The van der Waals surface area contributed by atoms with Crippen LogP contribution in [-0.4, -0.2) is 87.0 Å². The van der Waals surface area contributed by atoms with E-state index < -0.39 is 47.5 Å². The molecule has 0 spiro atoms. The molecule has 2 unspecified atom stereocenters. The SMILES string of the molecule is CCC1CC(N(Cc2cc(C(F)(F)F)cc(C(F)(F)F)c2)c2ncc(N3CCC(O)CC3)cn2)CN1c1nc(N2CCC(C(=O)O)CC2)ncc1Cl. The fourth-order valence-electron chi connectivity index (χ4n) is 7.21. The first-order valence-electron chi connectivity index (χ1n) is 17.2. The van der Waals surface area contributed by atoms with Gasteiger partial charge >= 0.3 is 18.3 Å². The lowest BCUT2D eigenvalue weighted by molar-refractivity contribution is -0.144. The number of hydrogen-bond donors (Lipinski definition) is 2. The number of aliphatic hydroxyl groups is 1. The molecule has 0 saturated carbocycles. The van der Waals surface area contributed by atoms with Crippen LogP contribution in [0.2, 0.25) is 5.02 Å². The molecular formula is C34H39ClF6N8O3. The number of piperidine rings is 2. The molecule has 0 bridgehead atoms. The number of nitrogens with zero attached hydrogens (tertiary/aromatic N) is 8. The van der Waals surface area contributed by atoms with Crippen molar-refractivity contribution in [3.8, 4) is 0 Å². The number of carboxylic acid groups (broad SMARTS) is 1. The molecule has 0 aliphatic carbocycles. The van der Waals surface area contributed by atoms with E-state index in [1.165, 1.54) is 6.20 Å². The summed E-state index contributed by atoms with van der Waals surface area (Å²) in [6.45, 7) is 3.89. The molecule has 52 heavy (non-hydrogen) atoms. The van der Waals surface area contributed by atoms with Gasteiger partial charge in [0.05, 0.1) is 53.5 Å². The van der Waals surface area contributed by atoms with E-state index in [1.807, 2.05) is 21.6 Å². The molecule has 5 heterocycles. The number of halogens is 7. The fourth-order valence-corrected chi connectivity index (χ4v) is 7.41. The Labute approximate surface area is 301 Å². The average molecular weight is 757 g/mol. The Morgan fingerprint density at radius 1 is 0.904 bits per heavy atom. The maximum Gasteiger partial charge on any atom is 0.416 e. The number of benzene rings is 1. The van der Waals surface area contributed by atoms with Gasteiger partial charge in [-0.3, -0.25) is 4.79 Å². The minimum atomic E-state index is -5.01. The van der Waals surface area contributed by atoms with Gasteiger partial charge in [-0.1, -0.05) is 18.5 Å². The maximum atomic E-state index is 13.9. The van der Waals surface area contributed by atoms with Crippen LogP contribution < -0.4 is 19.6 Å². The van der Waals surface area contributed by atoms with Crippen molar-refractivity contribution in [1.82, 2.24) is 19.9 Å². The molecular weight excluding hydrogens is 718 g/mol. The van der Waals surface area contributed by atoms with E-state index in [2.05, 4.69) is 15.0 Å². The minimum absolute atomic E-state index is 0.109. The normalized spacial score (nSPS) is 20.8. The van der Waals surface area contributed by atoms with E-state index in [1.54, 1.807) is 17.3 Å². The van der Waals surface area contributed by atoms with Gasteiger partial charge in [0, 0.05) is 45.3 Å². The Hall–Kier alpha value is -4.12. The van der Waals surface area contributed by atoms with Crippen LogP contribution in [-0.2, 0) is 23.7 Å². The zero-order chi connectivity index (χ0) is 37.4. The van der Waals surface area contributed by atoms with Gasteiger partial charge in [-0.25, -0.2) is 15.0 Å². The highest BCUT2D eigenvalue weighted by Crippen LogP contribution is 2.39. The summed E-state index contributed by atoms with van der Waals surface area (Å²) in [7, 11) is 0. The van der Waals surface area contributed by atoms with Crippen LogP contribution >= 0.6 is 11.6 Å². The Kier molecular flexibility index (Phi) is 10.9. The number of carbonyl (C=O) groups is 1. The lowest BCUT2D eigenvalue weighted by Crippen LogP contribution is -2.40. The number of aromatic nitrogens is 4. The molecule has 3 aromatic rings. The third kappa shape index (κ3) is 8.40. The fraction of sp³-hybridized carbons (Fsp3) is 0.559. The summed E-state index contributed by atoms with van der Waals surface area (Å²) >= 11 is 6.66. The van der Waals surface area contributed by atoms with Gasteiger partial charge < -0.3 is 29.8 Å². The lowest BCUT2D eigenvalue weighted by atomic mass is 9.97. The second-order valence-corrected chi connectivity index (χ2v) is 14.0. The zero-order valence-electron chi connectivity index (χ0n) is 28.3. The first-order chi connectivity index (χ1) is 24.6. The number of aliphatic carboxylic acids is 1. The van der Waals surface area contributed by atoms with Gasteiger partial charge in [0.25, 0.3) is 0 Å². The van der Waals surface area contributed by atoms with Crippen LogP contribution in [0.5, 0.6) is 0 Å². The molecule has 2 aromatic heterocycles. The molecule has 0 radical (unpaired) electrons. The molecule has 282 valence electrons. The van der Waals surface area contributed by atoms with Crippen molar-refractivity contribution in [2.45, 2.75) is 82.5 Å². The predicted octanol–water partition coefficient (Wildman–Crippen LogP) is 6.28. The molecule has 3 fully saturated rings. The van der Waals surface area contributed by atoms with E-state index in [-0.39, 0.29) is 41.7 Å². The van der Waals surface area contributed by atoms with Gasteiger partial charge in [-0.05, 0) is 62.3 Å². The van der Waals surface area contributed by atoms with Crippen molar-refractivity contribution in [1.29, 1.82) is 0 Å². The minimum Gasteiger partial charge on any atom is -0.481 e. The van der Waals surface area contributed by atoms with Crippen molar-refractivity contribution in [2.75, 3.05) is 52.3 Å². The number of aliphatic hydroxyl groups excluding tert-OH is 1. The summed E-state index contributed by atoms with van der Waals surface area (Å²) in [6, 6.07) is 0.905. The summed E-state index contributed by atoms with van der Waals surface area (Å²) in [4.78, 5) is 37.3. The second kappa shape index (κ2) is 15.1. The quantitative estimate of drug-likeness (QED) is 0.240. The zero-order valence-corrected chi connectivity index (χ0v) is 29.0. The monoisotopic (exact) mass is 756 g/mol. The smallest absolute Gasteiger partial charge is 0.416 e. The Morgan fingerprint density at radius 2 is 1.50 bits per heavy atom. The van der Waals surface area contributed by atoms with Crippen molar-refractivity contribution in [3.05, 3.63) is 58.5 Å². The molecule has 0 amide bonds. The van der Waals surface area contributed by atoms with Gasteiger partial charge in [0.2, 0.25) is 11.9 Å². The van der Waals surface area contributed by atoms with Gasteiger partial charge in [0.15, 0.2) is 5.82 Å². The number of anilines is 4. The van der Waals surface area contributed by atoms with Crippen molar-refractivity contribution >= 4 is 41.0 Å². The third-order valence-electron chi connectivity index (χ3n) is 10.1. The standard InChI is InChI=1S/C34H39ClF6N8O3/c1-2-24-14-25(19-48(24)29-28(35)17-44-32(45-29)47-7-3-21(4-8-47)30(51)52)49(31-42-15-26(16-43-31)46-9-5-27(50)6-10-46)18-20-11-22(33(36,37)38)13-23(12-20)34(39,40)41/h11-13,15-17,21,24-25,27,50H,2-10,14,18-19H2,1H3,(H,51,52). The Bertz CT molecular complexity index is 1680. The molecule has 2 N–H and O–H groups in total. The van der Waals surface area contributed by atoms with Crippen LogP contribution in [0.3, 0.4) is 0 Å². The van der Waals surface area contributed by atoms with Crippen LogP contribution in [0.4, 0.5) is 49.7 Å². The summed E-state index contributed by atoms with van der Waals surface area (Å²) in [6.07, 6.45) is -2.75. The number of hydrogen-bond acceptors (Lipinski definition) is 10. The van der Waals surface area contributed by atoms with Crippen molar-refractivity contribution in [2.24, 2.45) is 5.92 Å². The van der Waals surface area contributed by atoms with E-state index in [0.29, 0.717) is 82.2 Å². The highest BCUT2D eigenvalue weighted by Gasteiger charge is 2.40. The second-order valence-electron chi connectivity index (χ2n) is 13.5. The number of carboxylic acids is 1. The summed E-state index contributed by atoms with van der Waals surface area (Å²) in [5.74, 6) is -0.370. The molecule has 2 atom stereocenters. The van der Waals surface area contributed by atoms with E-state index >= 15 is 0 Å². The lowest BCUT2D eigenvalue weighted by Gasteiger charge is -2.33. The highest BCUT2D eigenvalue weighted by molar-refractivity contribution is 6.32. The molecule has 1 aromatic carbocycles. The molecule has 3 aliphatic heterocycles. The third-order valence-corrected chi connectivity index (χ3v) is 10.4. The highest BCUT2D eigenvalue weighted by atomic mass is 35.5. The summed E-state index contributed by atoms with van der Waals surface area (Å²) in [5, 5.41) is 19.6. The Balaban J connectivity index is 1.33. The van der Waals surface area contributed by atoms with Crippen molar-refractivity contribution in [3.63, 3.8) is 0 Å². The van der Waals surface area contributed by atoms with Gasteiger partial charge in [-0.2, -0.15) is 31.3 Å². The molecule has 11 nitrogen and oxygen atoms in total. The summed E-state index contributed by atoms with van der Waals surface area (Å²) < 4.78 is 83.1. The maximum absolute atomic E-state index is 13.9. The van der Waals surface area contributed by atoms with Gasteiger partial charge in [-0.15, -0.1) is 0 Å². The largest absolute Gasteiger partial charge is 0.481 e. The molecule has 3 aliphatic rings. The van der Waals surface area contributed by atoms with Crippen LogP contribution in [0, 0.1) is 5.92 Å². The topological polar surface area (TPSA) is 122 Å². The van der Waals surface area contributed by atoms with E-state index in [0.717, 1.165) is 12.1 Å². The molecule has 18 heteroatoms. The number of rotatable bonds is 9. The van der Waals surface area contributed by atoms with Gasteiger partial charge in [0.1, 0.15) is 5.02 Å². The van der Waals surface area contributed by atoms with Crippen LogP contribution in [0.1, 0.15) is 62.1 Å².